The number of carbonyl (C=O) groups is 1. The summed E-state index contributed by atoms with van der Waals surface area (Å²) in [7, 11) is 0. The maximum Gasteiger partial charge on any atom is 0.219 e. The molecule has 1 aromatic carbocycles. The Morgan fingerprint density at radius 2 is 1.77 bits per heavy atom. The van der Waals surface area contributed by atoms with E-state index in [1.165, 1.54) is 11.8 Å². The highest BCUT2D eigenvalue weighted by Crippen LogP contribution is 2.13. The van der Waals surface area contributed by atoms with Crippen molar-refractivity contribution in [2.45, 2.75) is 20.8 Å². The number of rotatable bonds is 1. The van der Waals surface area contributed by atoms with E-state index in [1.807, 2.05) is 45.0 Å². The molecule has 0 fully saturated rings. The fourth-order valence-corrected chi connectivity index (χ4v) is 1.36. The van der Waals surface area contributed by atoms with Crippen molar-refractivity contribution >= 4 is 16.9 Å². The first kappa shape index (κ1) is 12.2. The Morgan fingerprint density at radius 1 is 1.23 bits per heavy atom. The van der Waals surface area contributed by atoms with E-state index in [4.69, 9.17) is 0 Å². The Morgan fingerprint density at radius 3 is 2.23 bits per heavy atom. The van der Waals surface area contributed by atoms with Crippen LogP contribution in [0.2, 0.25) is 0 Å². The molecule has 0 saturated heterocycles. The molecule has 0 aliphatic rings. The standard InChI is InChI=1S/C9H10OS.C2H6/c1-7-5-3-4-6-8(7)9(10)11-2;1-2/h3-6H,1-2H3;1-2H3. The minimum atomic E-state index is 0.142. The molecule has 1 rings (SSSR count). The van der Waals surface area contributed by atoms with Crippen molar-refractivity contribution in [3.05, 3.63) is 35.4 Å². The summed E-state index contributed by atoms with van der Waals surface area (Å²) in [6.45, 7) is 5.95. The van der Waals surface area contributed by atoms with Gasteiger partial charge in [0.1, 0.15) is 0 Å². The molecule has 13 heavy (non-hydrogen) atoms. The summed E-state index contributed by atoms with van der Waals surface area (Å²) in [4.78, 5) is 11.2. The molecule has 2 heteroatoms. The van der Waals surface area contributed by atoms with Gasteiger partial charge in [0.25, 0.3) is 0 Å². The van der Waals surface area contributed by atoms with E-state index in [9.17, 15) is 4.79 Å². The number of hydrogen-bond donors (Lipinski definition) is 0. The van der Waals surface area contributed by atoms with Crippen molar-refractivity contribution in [2.75, 3.05) is 6.26 Å². The molecule has 0 heterocycles. The van der Waals surface area contributed by atoms with Crippen LogP contribution in [-0.2, 0) is 0 Å². The Kier molecular flexibility index (Phi) is 6.33. The highest BCUT2D eigenvalue weighted by Gasteiger charge is 2.04. The number of hydrogen-bond acceptors (Lipinski definition) is 2. The Labute approximate surface area is 84.5 Å². The van der Waals surface area contributed by atoms with Gasteiger partial charge in [-0.15, -0.1) is 0 Å². The van der Waals surface area contributed by atoms with Crippen LogP contribution >= 0.6 is 11.8 Å². The number of aryl methyl sites for hydroxylation is 1. The van der Waals surface area contributed by atoms with Gasteiger partial charge in [0.15, 0.2) is 0 Å². The predicted octanol–water partition coefficient (Wildman–Crippen LogP) is 3.52. The topological polar surface area (TPSA) is 17.1 Å². The summed E-state index contributed by atoms with van der Waals surface area (Å²) >= 11 is 1.25. The van der Waals surface area contributed by atoms with Crippen molar-refractivity contribution in [1.29, 1.82) is 0 Å². The average molecular weight is 196 g/mol. The van der Waals surface area contributed by atoms with Gasteiger partial charge in [-0.3, -0.25) is 4.79 Å². The van der Waals surface area contributed by atoms with Crippen molar-refractivity contribution in [2.24, 2.45) is 0 Å². The van der Waals surface area contributed by atoms with Gasteiger partial charge in [-0.05, 0) is 18.7 Å². The van der Waals surface area contributed by atoms with E-state index in [2.05, 4.69) is 0 Å². The molecule has 0 aliphatic carbocycles. The molecule has 1 aromatic rings. The minimum absolute atomic E-state index is 0.142. The Balaban J connectivity index is 0.000000671. The highest BCUT2D eigenvalue weighted by molar-refractivity contribution is 8.13. The molecule has 0 bridgehead atoms. The highest BCUT2D eigenvalue weighted by atomic mass is 32.2. The monoisotopic (exact) mass is 196 g/mol. The molecule has 72 valence electrons. The number of benzene rings is 1. The van der Waals surface area contributed by atoms with Crippen molar-refractivity contribution in [3.8, 4) is 0 Å². The first-order chi connectivity index (χ1) is 6.25. The average Bonchev–Trinajstić information content (AvgIpc) is 2.20. The number of thioether (sulfide) groups is 1. The second kappa shape index (κ2) is 6.72. The molecule has 0 unspecified atom stereocenters. The quantitative estimate of drug-likeness (QED) is 0.683. The van der Waals surface area contributed by atoms with Gasteiger partial charge in [-0.1, -0.05) is 49.9 Å². The van der Waals surface area contributed by atoms with Gasteiger partial charge in [0, 0.05) is 5.56 Å². The molecule has 0 radical (unpaired) electrons. The maximum atomic E-state index is 11.2. The zero-order valence-corrected chi connectivity index (χ0v) is 9.44. The summed E-state index contributed by atoms with van der Waals surface area (Å²) < 4.78 is 0. The lowest BCUT2D eigenvalue weighted by molar-refractivity contribution is 0.108. The fourth-order valence-electron chi connectivity index (χ4n) is 0.912. The Bertz CT molecular complexity index is 269. The van der Waals surface area contributed by atoms with Crippen LogP contribution < -0.4 is 0 Å². The van der Waals surface area contributed by atoms with E-state index in [1.54, 1.807) is 6.26 Å². The van der Waals surface area contributed by atoms with Crippen molar-refractivity contribution in [1.82, 2.24) is 0 Å². The van der Waals surface area contributed by atoms with Crippen LogP contribution in [0.1, 0.15) is 29.8 Å². The van der Waals surface area contributed by atoms with E-state index < -0.39 is 0 Å². The van der Waals surface area contributed by atoms with Crippen molar-refractivity contribution < 1.29 is 4.79 Å². The van der Waals surface area contributed by atoms with E-state index in [-0.39, 0.29) is 5.12 Å². The van der Waals surface area contributed by atoms with Crippen LogP contribution in [-0.4, -0.2) is 11.4 Å². The van der Waals surface area contributed by atoms with Gasteiger partial charge in [-0.25, -0.2) is 0 Å². The van der Waals surface area contributed by atoms with Gasteiger partial charge in [0.2, 0.25) is 5.12 Å². The van der Waals surface area contributed by atoms with E-state index >= 15 is 0 Å². The zero-order valence-electron chi connectivity index (χ0n) is 8.63. The molecule has 0 aromatic heterocycles. The second-order valence-corrected chi connectivity index (χ2v) is 3.09. The lowest BCUT2D eigenvalue weighted by atomic mass is 10.1. The molecule has 0 amide bonds. The molecule has 1 nitrogen and oxygen atoms in total. The smallest absolute Gasteiger partial charge is 0.219 e. The molecule has 0 saturated carbocycles. The molecular formula is C11H16OS. The van der Waals surface area contributed by atoms with E-state index in [0.29, 0.717) is 0 Å². The Hall–Kier alpha value is -0.760. The number of carbonyl (C=O) groups excluding carboxylic acids is 1. The lowest BCUT2D eigenvalue weighted by Crippen LogP contribution is -1.94. The van der Waals surface area contributed by atoms with E-state index in [0.717, 1.165) is 11.1 Å². The molecule has 0 aliphatic heterocycles. The molecule has 0 spiro atoms. The molecule has 0 N–H and O–H groups in total. The molecular weight excluding hydrogens is 180 g/mol. The van der Waals surface area contributed by atoms with Gasteiger partial charge >= 0.3 is 0 Å². The molecule has 0 atom stereocenters. The van der Waals surface area contributed by atoms with Gasteiger partial charge < -0.3 is 0 Å². The third kappa shape index (κ3) is 3.64. The summed E-state index contributed by atoms with van der Waals surface area (Å²) in [5, 5.41) is 0.142. The van der Waals surface area contributed by atoms with Crippen LogP contribution in [0.5, 0.6) is 0 Å². The summed E-state index contributed by atoms with van der Waals surface area (Å²) in [6.07, 6.45) is 1.80. The van der Waals surface area contributed by atoms with Crippen LogP contribution in [0.15, 0.2) is 24.3 Å². The largest absolute Gasteiger partial charge is 0.282 e. The zero-order chi connectivity index (χ0) is 10.3. The minimum Gasteiger partial charge on any atom is -0.282 e. The first-order valence-corrected chi connectivity index (χ1v) is 5.62. The SMILES string of the molecule is CC.CSC(=O)c1ccccc1C. The normalized spacial score (nSPS) is 8.62. The van der Waals surface area contributed by atoms with Crippen LogP contribution in [0.3, 0.4) is 0 Å². The fraction of sp³-hybridized carbons (Fsp3) is 0.364. The van der Waals surface area contributed by atoms with Gasteiger partial charge in [0.05, 0.1) is 0 Å². The first-order valence-electron chi connectivity index (χ1n) is 4.39. The lowest BCUT2D eigenvalue weighted by Gasteiger charge is -1.99. The summed E-state index contributed by atoms with van der Waals surface area (Å²) in [5.74, 6) is 0. The van der Waals surface area contributed by atoms with Crippen LogP contribution in [0.25, 0.3) is 0 Å². The van der Waals surface area contributed by atoms with Gasteiger partial charge in [-0.2, -0.15) is 0 Å². The van der Waals surface area contributed by atoms with Crippen LogP contribution in [0, 0.1) is 6.92 Å². The third-order valence-electron chi connectivity index (χ3n) is 1.55. The second-order valence-electron chi connectivity index (χ2n) is 2.31. The maximum absolute atomic E-state index is 11.2. The summed E-state index contributed by atoms with van der Waals surface area (Å²) in [6, 6.07) is 7.63. The summed E-state index contributed by atoms with van der Waals surface area (Å²) in [5.41, 5.74) is 1.87. The third-order valence-corrected chi connectivity index (χ3v) is 2.14. The predicted molar refractivity (Wildman–Crippen MR) is 60.4 cm³/mol. The van der Waals surface area contributed by atoms with Crippen molar-refractivity contribution in [3.63, 3.8) is 0 Å². The van der Waals surface area contributed by atoms with Crippen LogP contribution in [0.4, 0.5) is 0 Å².